The van der Waals surface area contributed by atoms with Gasteiger partial charge in [-0.25, -0.2) is 0 Å². The molecule has 1 aliphatic rings. The molecule has 0 spiro atoms. The minimum atomic E-state index is -0.327. The molecule has 9 heteroatoms. The number of benzene rings is 2. The Kier molecular flexibility index (Phi) is 5.02. The van der Waals surface area contributed by atoms with Crippen LogP contribution in [0.2, 0.25) is 0 Å². The maximum absolute atomic E-state index is 12.7. The van der Waals surface area contributed by atoms with E-state index in [4.69, 9.17) is 9.47 Å². The molecular weight excluding hydrogens is 372 g/mol. The number of amides is 1. The summed E-state index contributed by atoms with van der Waals surface area (Å²) in [5.41, 5.74) is 2.84. The fourth-order valence-electron chi connectivity index (χ4n) is 2.86. The van der Waals surface area contributed by atoms with Gasteiger partial charge in [0.25, 0.3) is 11.9 Å². The first-order valence-corrected chi connectivity index (χ1v) is 8.85. The standard InChI is InChI=1S/C20H18N6O3/c1-13-16(19(27)26(23-13)20-21-24-25-22-20)10-15-8-9-17(18(11-15)28-2)29-12-14-6-4-3-5-7-14/h3-11H,12H2,1-2H3,(H,21,22,24,25)/b16-10-. The van der Waals surface area contributed by atoms with Gasteiger partial charge in [-0.2, -0.15) is 15.3 Å². The first-order valence-electron chi connectivity index (χ1n) is 8.85. The molecule has 0 saturated carbocycles. The Hall–Kier alpha value is -4.01. The van der Waals surface area contributed by atoms with E-state index >= 15 is 0 Å². The minimum absolute atomic E-state index is 0.0972. The van der Waals surface area contributed by atoms with Crippen LogP contribution in [0.15, 0.2) is 59.2 Å². The molecule has 0 radical (unpaired) electrons. The lowest BCUT2D eigenvalue weighted by Crippen LogP contribution is -2.22. The maximum Gasteiger partial charge on any atom is 0.293 e. The summed E-state index contributed by atoms with van der Waals surface area (Å²) in [6, 6.07) is 15.4. The van der Waals surface area contributed by atoms with E-state index in [0.717, 1.165) is 16.1 Å². The monoisotopic (exact) mass is 390 g/mol. The summed E-state index contributed by atoms with van der Waals surface area (Å²) in [7, 11) is 1.58. The molecule has 1 aliphatic heterocycles. The van der Waals surface area contributed by atoms with Crippen molar-refractivity contribution in [2.75, 3.05) is 12.1 Å². The Balaban J connectivity index is 1.55. The van der Waals surface area contributed by atoms with Crippen molar-refractivity contribution in [2.24, 2.45) is 5.10 Å². The number of carbonyl (C=O) groups excluding carboxylic acids is 1. The number of nitrogens with zero attached hydrogens (tertiary/aromatic N) is 5. The van der Waals surface area contributed by atoms with Crippen LogP contribution in [0.4, 0.5) is 5.95 Å². The minimum Gasteiger partial charge on any atom is -0.493 e. The van der Waals surface area contributed by atoms with Crippen LogP contribution in [0, 0.1) is 0 Å². The van der Waals surface area contributed by atoms with E-state index in [1.165, 1.54) is 0 Å². The number of nitrogens with one attached hydrogen (secondary N) is 1. The van der Waals surface area contributed by atoms with Gasteiger partial charge in [-0.05, 0) is 41.5 Å². The molecule has 4 rings (SSSR count). The maximum atomic E-state index is 12.7. The molecule has 0 aliphatic carbocycles. The largest absolute Gasteiger partial charge is 0.493 e. The molecule has 2 aromatic carbocycles. The van der Waals surface area contributed by atoms with Gasteiger partial charge < -0.3 is 9.47 Å². The summed E-state index contributed by atoms with van der Waals surface area (Å²) < 4.78 is 11.3. The smallest absolute Gasteiger partial charge is 0.293 e. The molecule has 9 nitrogen and oxygen atoms in total. The van der Waals surface area contributed by atoms with Crippen molar-refractivity contribution >= 4 is 23.6 Å². The Bertz CT molecular complexity index is 1080. The van der Waals surface area contributed by atoms with Gasteiger partial charge in [0.1, 0.15) is 6.61 Å². The summed E-state index contributed by atoms with van der Waals surface area (Å²) in [6.45, 7) is 2.18. The van der Waals surface area contributed by atoms with Crippen LogP contribution >= 0.6 is 0 Å². The highest BCUT2D eigenvalue weighted by molar-refractivity contribution is 6.31. The third kappa shape index (κ3) is 3.84. The van der Waals surface area contributed by atoms with E-state index in [0.29, 0.717) is 29.4 Å². The van der Waals surface area contributed by atoms with Gasteiger partial charge in [-0.15, -0.1) is 5.10 Å². The van der Waals surface area contributed by atoms with Crippen molar-refractivity contribution in [1.29, 1.82) is 0 Å². The molecule has 0 bridgehead atoms. The molecular formula is C20H18N6O3. The van der Waals surface area contributed by atoms with E-state index in [-0.39, 0.29) is 11.9 Å². The summed E-state index contributed by atoms with van der Waals surface area (Å²) in [4.78, 5) is 12.7. The van der Waals surface area contributed by atoms with Crippen molar-refractivity contribution in [3.63, 3.8) is 0 Å². The average Bonchev–Trinajstić information content (AvgIpc) is 3.37. The summed E-state index contributed by atoms with van der Waals surface area (Å²) in [5, 5.41) is 18.7. The molecule has 146 valence electrons. The van der Waals surface area contributed by atoms with Crippen molar-refractivity contribution < 1.29 is 14.3 Å². The number of rotatable bonds is 6. The third-order valence-electron chi connectivity index (χ3n) is 4.32. The molecule has 0 unspecified atom stereocenters. The van der Waals surface area contributed by atoms with Gasteiger partial charge >= 0.3 is 0 Å². The number of ether oxygens (including phenoxy) is 2. The fraction of sp³-hybridized carbons (Fsp3) is 0.150. The number of hydrazone groups is 1. The molecule has 0 fully saturated rings. The second-order valence-corrected chi connectivity index (χ2v) is 6.26. The Morgan fingerprint density at radius 3 is 2.69 bits per heavy atom. The molecule has 0 atom stereocenters. The Morgan fingerprint density at radius 2 is 1.97 bits per heavy atom. The molecule has 2 heterocycles. The van der Waals surface area contributed by atoms with Crippen LogP contribution in [0.3, 0.4) is 0 Å². The quantitative estimate of drug-likeness (QED) is 0.649. The molecule has 29 heavy (non-hydrogen) atoms. The molecule has 0 saturated heterocycles. The topological polar surface area (TPSA) is 106 Å². The zero-order valence-corrected chi connectivity index (χ0v) is 15.9. The van der Waals surface area contributed by atoms with Crippen LogP contribution in [0.25, 0.3) is 6.08 Å². The number of carbonyl (C=O) groups is 1. The van der Waals surface area contributed by atoms with Gasteiger partial charge in [0.05, 0.1) is 18.4 Å². The lowest BCUT2D eigenvalue weighted by atomic mass is 10.1. The summed E-state index contributed by atoms with van der Waals surface area (Å²) >= 11 is 0. The third-order valence-corrected chi connectivity index (χ3v) is 4.32. The number of H-pyrrole nitrogens is 1. The predicted molar refractivity (Wildman–Crippen MR) is 107 cm³/mol. The summed E-state index contributed by atoms with van der Waals surface area (Å²) in [5.74, 6) is 0.965. The van der Waals surface area contributed by atoms with E-state index in [1.54, 1.807) is 20.1 Å². The Labute approximate surface area is 166 Å². The van der Waals surface area contributed by atoms with Crippen LogP contribution in [-0.2, 0) is 11.4 Å². The van der Waals surface area contributed by atoms with Crippen molar-refractivity contribution in [2.45, 2.75) is 13.5 Å². The number of methoxy groups -OCH3 is 1. The van der Waals surface area contributed by atoms with Crippen LogP contribution in [-0.4, -0.2) is 39.4 Å². The number of tetrazole rings is 1. The van der Waals surface area contributed by atoms with Gasteiger partial charge in [0.15, 0.2) is 11.5 Å². The van der Waals surface area contributed by atoms with E-state index in [9.17, 15) is 4.79 Å². The highest BCUT2D eigenvalue weighted by Gasteiger charge is 2.31. The highest BCUT2D eigenvalue weighted by Crippen LogP contribution is 2.30. The fourth-order valence-corrected chi connectivity index (χ4v) is 2.86. The molecule has 1 aromatic heterocycles. The Morgan fingerprint density at radius 1 is 1.14 bits per heavy atom. The lowest BCUT2D eigenvalue weighted by Gasteiger charge is -2.11. The van der Waals surface area contributed by atoms with E-state index in [1.807, 2.05) is 48.5 Å². The number of hydrogen-bond acceptors (Lipinski definition) is 7. The van der Waals surface area contributed by atoms with E-state index < -0.39 is 0 Å². The first-order chi connectivity index (χ1) is 14.2. The number of anilines is 1. The van der Waals surface area contributed by atoms with Gasteiger partial charge in [-0.1, -0.05) is 41.5 Å². The van der Waals surface area contributed by atoms with Crippen LogP contribution in [0.1, 0.15) is 18.1 Å². The number of aromatic amines is 1. The molecule has 1 N–H and O–H groups in total. The van der Waals surface area contributed by atoms with Gasteiger partial charge in [0.2, 0.25) is 0 Å². The van der Waals surface area contributed by atoms with Gasteiger partial charge in [0, 0.05) is 0 Å². The predicted octanol–water partition coefficient (Wildman–Crippen LogP) is 2.59. The SMILES string of the molecule is COc1cc(/C=C2\C(=O)N(c3nn[nH]n3)N=C2C)ccc1OCc1ccccc1. The van der Waals surface area contributed by atoms with Gasteiger partial charge in [-0.3, -0.25) is 4.79 Å². The zero-order chi connectivity index (χ0) is 20.2. The molecule has 1 amide bonds. The first kappa shape index (κ1) is 18.4. The second kappa shape index (κ2) is 7.93. The second-order valence-electron chi connectivity index (χ2n) is 6.26. The summed E-state index contributed by atoms with van der Waals surface area (Å²) in [6.07, 6.45) is 1.74. The van der Waals surface area contributed by atoms with Crippen molar-refractivity contribution in [3.05, 3.63) is 65.2 Å². The van der Waals surface area contributed by atoms with Crippen molar-refractivity contribution in [1.82, 2.24) is 20.6 Å². The van der Waals surface area contributed by atoms with Crippen molar-refractivity contribution in [3.8, 4) is 11.5 Å². The lowest BCUT2D eigenvalue weighted by molar-refractivity contribution is -0.114. The number of hydrogen-bond donors (Lipinski definition) is 1. The molecule has 3 aromatic rings. The van der Waals surface area contributed by atoms with Crippen LogP contribution < -0.4 is 14.5 Å². The highest BCUT2D eigenvalue weighted by atomic mass is 16.5. The number of aromatic nitrogens is 4. The zero-order valence-electron chi connectivity index (χ0n) is 15.9. The van der Waals surface area contributed by atoms with E-state index in [2.05, 4.69) is 25.7 Å². The normalized spacial score (nSPS) is 15.0. The average molecular weight is 390 g/mol. The van der Waals surface area contributed by atoms with Crippen LogP contribution in [0.5, 0.6) is 11.5 Å².